The second kappa shape index (κ2) is 8.49. The van der Waals surface area contributed by atoms with Crippen LogP contribution in [-0.4, -0.2) is 0 Å². The third-order valence-corrected chi connectivity index (χ3v) is 4.60. The Balaban J connectivity index is 2.03. The number of allylic oxidation sites excluding steroid dienone is 2. The van der Waals surface area contributed by atoms with E-state index in [-0.39, 0.29) is 11.5 Å². The van der Waals surface area contributed by atoms with Crippen LogP contribution in [0.5, 0.6) is 0 Å². The summed E-state index contributed by atoms with van der Waals surface area (Å²) in [6.45, 7) is 2.03. The van der Waals surface area contributed by atoms with E-state index in [1.807, 2.05) is 12.8 Å². The van der Waals surface area contributed by atoms with E-state index in [4.69, 9.17) is 5.26 Å². The van der Waals surface area contributed by atoms with Gasteiger partial charge in [0.25, 0.3) is 0 Å². The summed E-state index contributed by atoms with van der Waals surface area (Å²) in [5, 5.41) is 8.40. The van der Waals surface area contributed by atoms with Crippen LogP contribution < -0.4 is 0 Å². The smallest absolute Gasteiger partial charge is 0.152 e. The molecule has 1 aromatic rings. The molecular weight excluding hydrogens is 292 g/mol. The van der Waals surface area contributed by atoms with Gasteiger partial charge in [0.15, 0.2) is 6.07 Å². The quantitative estimate of drug-likeness (QED) is 0.534. The van der Waals surface area contributed by atoms with E-state index in [0.717, 1.165) is 43.6 Å². The van der Waals surface area contributed by atoms with Gasteiger partial charge >= 0.3 is 0 Å². The highest BCUT2D eigenvalue weighted by Gasteiger charge is 2.23. The molecule has 23 heavy (non-hydrogen) atoms. The highest BCUT2D eigenvalue weighted by atomic mass is 19.1. The Kier molecular flexibility index (Phi) is 6.36. The normalized spacial score (nSPS) is 20.8. The Labute approximate surface area is 137 Å². The summed E-state index contributed by atoms with van der Waals surface area (Å²) >= 11 is 0. The van der Waals surface area contributed by atoms with Gasteiger partial charge in [0.2, 0.25) is 0 Å². The fourth-order valence-corrected chi connectivity index (χ4v) is 3.32. The van der Waals surface area contributed by atoms with Crippen LogP contribution in [0.4, 0.5) is 8.78 Å². The maximum Gasteiger partial charge on any atom is 0.152 e. The second-order valence-corrected chi connectivity index (χ2v) is 6.09. The molecule has 0 aromatic heterocycles. The molecule has 0 heterocycles. The summed E-state index contributed by atoms with van der Waals surface area (Å²) in [7, 11) is 0. The molecule has 1 fully saturated rings. The molecule has 1 aliphatic carbocycles. The van der Waals surface area contributed by atoms with Crippen LogP contribution >= 0.6 is 0 Å². The number of nitriles is 1. The predicted octanol–water partition coefficient (Wildman–Crippen LogP) is 5.47. The van der Waals surface area contributed by atoms with E-state index in [2.05, 4.69) is 18.1 Å². The molecule has 0 bridgehead atoms. The van der Waals surface area contributed by atoms with Crippen molar-refractivity contribution in [2.24, 2.45) is 5.92 Å². The number of benzene rings is 1. The Morgan fingerprint density at radius 3 is 2.39 bits per heavy atom. The van der Waals surface area contributed by atoms with Crippen molar-refractivity contribution in [3.8, 4) is 17.9 Å². The van der Waals surface area contributed by atoms with Gasteiger partial charge in [-0.2, -0.15) is 5.26 Å². The zero-order valence-electron chi connectivity index (χ0n) is 13.4. The van der Waals surface area contributed by atoms with Crippen LogP contribution in [0.15, 0.2) is 24.3 Å². The molecule has 0 N–H and O–H groups in total. The summed E-state index contributed by atoms with van der Waals surface area (Å²) in [5.74, 6) is 3.88. The number of rotatable bonds is 4. The summed E-state index contributed by atoms with van der Waals surface area (Å²) in [6, 6.07) is 4.34. The fourth-order valence-electron chi connectivity index (χ4n) is 3.32. The SMILES string of the molecule is C/C=C/CCC1CCC(c2cc(F)c(C#CC#N)c(F)c2)CC1. The van der Waals surface area contributed by atoms with Crippen molar-refractivity contribution in [2.45, 2.75) is 51.4 Å². The number of hydrogen-bond donors (Lipinski definition) is 0. The first kappa shape index (κ1) is 17.2. The number of nitrogens with zero attached hydrogens (tertiary/aromatic N) is 1. The highest BCUT2D eigenvalue weighted by molar-refractivity contribution is 5.42. The Bertz CT molecular complexity index is 642. The maximum absolute atomic E-state index is 14.0. The van der Waals surface area contributed by atoms with Gasteiger partial charge in [0.05, 0.1) is 5.56 Å². The molecule has 2 rings (SSSR count). The average Bonchev–Trinajstić information content (AvgIpc) is 2.55. The molecule has 0 unspecified atom stereocenters. The standard InChI is InChI=1S/C20H21F2N/c1-2-3-4-6-15-8-10-16(11-9-15)17-13-19(21)18(7-5-12-23)20(22)14-17/h2-3,13-16H,4,6,8-11H2,1H3/b3-2+. The second-order valence-electron chi connectivity index (χ2n) is 6.09. The van der Waals surface area contributed by atoms with Crippen LogP contribution in [0.2, 0.25) is 0 Å². The largest absolute Gasteiger partial charge is 0.206 e. The van der Waals surface area contributed by atoms with Crippen LogP contribution in [0, 0.1) is 40.7 Å². The lowest BCUT2D eigenvalue weighted by Gasteiger charge is -2.28. The van der Waals surface area contributed by atoms with Gasteiger partial charge in [-0.05, 0) is 80.9 Å². The lowest BCUT2D eigenvalue weighted by Crippen LogP contribution is -2.14. The van der Waals surface area contributed by atoms with Crippen molar-refractivity contribution in [3.63, 3.8) is 0 Å². The molecule has 1 aromatic carbocycles. The fraction of sp³-hybridized carbons (Fsp3) is 0.450. The lowest BCUT2D eigenvalue weighted by atomic mass is 9.77. The first-order chi connectivity index (χ1) is 11.2. The van der Waals surface area contributed by atoms with Crippen LogP contribution in [0.25, 0.3) is 0 Å². The minimum atomic E-state index is -0.669. The molecule has 0 radical (unpaired) electrons. The summed E-state index contributed by atoms with van der Waals surface area (Å²) in [4.78, 5) is 0. The molecule has 0 aliphatic heterocycles. The van der Waals surface area contributed by atoms with Crippen molar-refractivity contribution >= 4 is 0 Å². The van der Waals surface area contributed by atoms with Crippen molar-refractivity contribution < 1.29 is 8.78 Å². The molecular formula is C20H21F2N. The molecule has 0 atom stereocenters. The van der Waals surface area contributed by atoms with Gasteiger partial charge in [0, 0.05) is 5.92 Å². The van der Waals surface area contributed by atoms with Crippen molar-refractivity contribution in [1.82, 2.24) is 0 Å². The number of halogens is 2. The van der Waals surface area contributed by atoms with Crippen molar-refractivity contribution in [1.29, 1.82) is 5.26 Å². The third kappa shape index (κ3) is 4.67. The first-order valence-electron chi connectivity index (χ1n) is 8.16. The molecule has 120 valence electrons. The zero-order chi connectivity index (χ0) is 16.7. The monoisotopic (exact) mass is 313 g/mol. The highest BCUT2D eigenvalue weighted by Crippen LogP contribution is 2.38. The van der Waals surface area contributed by atoms with Crippen LogP contribution in [0.1, 0.15) is 62.5 Å². The Morgan fingerprint density at radius 1 is 1.17 bits per heavy atom. The molecule has 0 amide bonds. The van der Waals surface area contributed by atoms with Gasteiger partial charge in [-0.3, -0.25) is 0 Å². The van der Waals surface area contributed by atoms with Crippen LogP contribution in [-0.2, 0) is 0 Å². The molecule has 0 spiro atoms. The third-order valence-electron chi connectivity index (χ3n) is 4.60. The van der Waals surface area contributed by atoms with Gasteiger partial charge in [0.1, 0.15) is 11.6 Å². The minimum Gasteiger partial charge on any atom is -0.206 e. The van der Waals surface area contributed by atoms with Gasteiger partial charge < -0.3 is 0 Å². The molecule has 1 saturated carbocycles. The van der Waals surface area contributed by atoms with E-state index in [0.29, 0.717) is 0 Å². The van der Waals surface area contributed by atoms with E-state index >= 15 is 0 Å². The summed E-state index contributed by atoms with van der Waals surface area (Å²) in [5.41, 5.74) is 0.407. The van der Waals surface area contributed by atoms with E-state index in [1.165, 1.54) is 18.6 Å². The molecule has 3 heteroatoms. The maximum atomic E-state index is 14.0. The Morgan fingerprint density at radius 2 is 1.83 bits per heavy atom. The van der Waals surface area contributed by atoms with Gasteiger partial charge in [-0.15, -0.1) is 0 Å². The minimum absolute atomic E-state index is 0.218. The summed E-state index contributed by atoms with van der Waals surface area (Å²) < 4.78 is 28.0. The first-order valence-corrected chi connectivity index (χ1v) is 8.16. The zero-order valence-corrected chi connectivity index (χ0v) is 13.4. The topological polar surface area (TPSA) is 23.8 Å². The lowest BCUT2D eigenvalue weighted by molar-refractivity contribution is 0.311. The van der Waals surface area contributed by atoms with Gasteiger partial charge in [-0.1, -0.05) is 12.2 Å². The van der Waals surface area contributed by atoms with E-state index < -0.39 is 11.6 Å². The average molecular weight is 313 g/mol. The van der Waals surface area contributed by atoms with Crippen molar-refractivity contribution in [3.05, 3.63) is 47.0 Å². The molecule has 1 aliphatic rings. The van der Waals surface area contributed by atoms with Gasteiger partial charge in [-0.25, -0.2) is 8.78 Å². The molecule has 0 saturated heterocycles. The number of hydrogen-bond acceptors (Lipinski definition) is 1. The summed E-state index contributed by atoms with van der Waals surface area (Å²) in [6.07, 6.45) is 10.8. The van der Waals surface area contributed by atoms with E-state index in [9.17, 15) is 8.78 Å². The molecule has 1 nitrogen and oxygen atoms in total. The predicted molar refractivity (Wildman–Crippen MR) is 87.6 cm³/mol. The van der Waals surface area contributed by atoms with Crippen molar-refractivity contribution in [2.75, 3.05) is 0 Å². The Hall–Kier alpha value is -2.13. The van der Waals surface area contributed by atoms with E-state index in [1.54, 1.807) is 6.07 Å². The van der Waals surface area contributed by atoms with Crippen LogP contribution in [0.3, 0.4) is 0 Å².